The van der Waals surface area contributed by atoms with Crippen molar-refractivity contribution >= 4 is 17.3 Å². The van der Waals surface area contributed by atoms with Crippen molar-refractivity contribution in [2.24, 2.45) is 0 Å². The van der Waals surface area contributed by atoms with E-state index in [0.717, 1.165) is 0 Å². The highest BCUT2D eigenvalue weighted by molar-refractivity contribution is 6.30. The molecule has 0 atom stereocenters. The Morgan fingerprint density at radius 1 is 1.47 bits per heavy atom. The summed E-state index contributed by atoms with van der Waals surface area (Å²) < 4.78 is 13.2. The van der Waals surface area contributed by atoms with E-state index in [2.05, 4.69) is 5.32 Å². The van der Waals surface area contributed by atoms with E-state index in [1.807, 2.05) is 0 Å². The molecule has 0 heterocycles. The van der Waals surface area contributed by atoms with Crippen molar-refractivity contribution in [2.75, 3.05) is 11.9 Å². The van der Waals surface area contributed by atoms with Crippen molar-refractivity contribution in [1.82, 2.24) is 0 Å². The quantitative estimate of drug-likeness (QED) is 0.835. The minimum Gasteiger partial charge on any atom is -0.390 e. The van der Waals surface area contributed by atoms with Gasteiger partial charge in [-0.3, -0.25) is 0 Å². The van der Waals surface area contributed by atoms with Crippen LogP contribution in [0.15, 0.2) is 18.2 Å². The highest BCUT2D eigenvalue weighted by atomic mass is 35.5. The number of benzene rings is 1. The summed E-state index contributed by atoms with van der Waals surface area (Å²) in [5, 5.41) is 12.8. The molecule has 0 spiro atoms. The minimum atomic E-state index is -0.748. The van der Waals surface area contributed by atoms with Crippen LogP contribution in [0.4, 0.5) is 10.1 Å². The maximum atomic E-state index is 13.2. The largest absolute Gasteiger partial charge is 0.390 e. The number of aliphatic hydroxyl groups is 1. The molecule has 0 fully saturated rings. The van der Waals surface area contributed by atoms with Crippen LogP contribution in [0.1, 0.15) is 20.3 Å². The van der Waals surface area contributed by atoms with Gasteiger partial charge in [0, 0.05) is 11.6 Å². The van der Waals surface area contributed by atoms with Crippen LogP contribution < -0.4 is 5.32 Å². The second-order valence-electron chi connectivity index (χ2n) is 4.11. The molecule has 84 valence electrons. The Morgan fingerprint density at radius 3 is 2.73 bits per heavy atom. The maximum absolute atomic E-state index is 13.2. The number of halogens is 2. The van der Waals surface area contributed by atoms with E-state index in [4.69, 9.17) is 11.6 Å². The molecule has 0 aromatic heterocycles. The Bertz CT molecular complexity index is 336. The van der Waals surface area contributed by atoms with Crippen LogP contribution in [0, 0.1) is 5.82 Å². The van der Waals surface area contributed by atoms with Crippen molar-refractivity contribution in [1.29, 1.82) is 0 Å². The lowest BCUT2D eigenvalue weighted by Gasteiger charge is -2.17. The molecular formula is C11H15ClFNO. The minimum absolute atomic E-state index is 0.338. The molecule has 0 unspecified atom stereocenters. The van der Waals surface area contributed by atoms with Gasteiger partial charge in [0.25, 0.3) is 0 Å². The van der Waals surface area contributed by atoms with Crippen molar-refractivity contribution in [3.05, 3.63) is 29.0 Å². The topological polar surface area (TPSA) is 32.3 Å². The molecule has 1 aromatic rings. The van der Waals surface area contributed by atoms with Gasteiger partial charge in [0.1, 0.15) is 5.82 Å². The summed E-state index contributed by atoms with van der Waals surface area (Å²) in [6.45, 7) is 3.92. The van der Waals surface area contributed by atoms with Crippen LogP contribution in [-0.2, 0) is 0 Å². The molecular weight excluding hydrogens is 217 g/mol. The maximum Gasteiger partial charge on any atom is 0.146 e. The van der Waals surface area contributed by atoms with Crippen LogP contribution in [-0.4, -0.2) is 17.3 Å². The zero-order valence-corrected chi connectivity index (χ0v) is 9.61. The smallest absolute Gasteiger partial charge is 0.146 e. The lowest BCUT2D eigenvalue weighted by Crippen LogP contribution is -2.22. The second-order valence-corrected chi connectivity index (χ2v) is 4.55. The number of rotatable bonds is 4. The first kappa shape index (κ1) is 12.3. The van der Waals surface area contributed by atoms with Gasteiger partial charge in [-0.2, -0.15) is 0 Å². The first-order chi connectivity index (χ1) is 6.88. The molecule has 2 nitrogen and oxygen atoms in total. The van der Waals surface area contributed by atoms with Crippen molar-refractivity contribution in [3.8, 4) is 0 Å². The number of hydrogen-bond donors (Lipinski definition) is 2. The number of hydrogen-bond acceptors (Lipinski definition) is 2. The predicted molar refractivity (Wildman–Crippen MR) is 60.8 cm³/mol. The summed E-state index contributed by atoms with van der Waals surface area (Å²) in [5.74, 6) is -0.338. The molecule has 1 rings (SSSR count). The van der Waals surface area contributed by atoms with E-state index in [-0.39, 0.29) is 5.82 Å². The van der Waals surface area contributed by atoms with Crippen LogP contribution in [0.25, 0.3) is 0 Å². The third-order valence-electron chi connectivity index (χ3n) is 1.98. The van der Waals surface area contributed by atoms with Gasteiger partial charge < -0.3 is 10.4 Å². The van der Waals surface area contributed by atoms with Crippen molar-refractivity contribution in [3.63, 3.8) is 0 Å². The average Bonchev–Trinajstić information content (AvgIpc) is 2.09. The molecule has 2 N–H and O–H groups in total. The highest BCUT2D eigenvalue weighted by Gasteiger charge is 2.11. The molecule has 0 amide bonds. The van der Waals surface area contributed by atoms with Crippen molar-refractivity contribution in [2.45, 2.75) is 25.9 Å². The van der Waals surface area contributed by atoms with E-state index < -0.39 is 5.60 Å². The Morgan fingerprint density at radius 2 is 2.13 bits per heavy atom. The van der Waals surface area contributed by atoms with Gasteiger partial charge in [-0.1, -0.05) is 11.6 Å². The molecule has 0 bridgehead atoms. The fraction of sp³-hybridized carbons (Fsp3) is 0.455. The number of anilines is 1. The standard InChI is InChI=1S/C11H15ClFNO/c1-11(2,15)5-6-14-10-7-8(12)3-4-9(10)13/h3-4,7,14-15H,5-6H2,1-2H3. The van der Waals surface area contributed by atoms with Gasteiger partial charge >= 0.3 is 0 Å². The Kier molecular flexibility index (Phi) is 3.94. The molecule has 1 aromatic carbocycles. The predicted octanol–water partition coefficient (Wildman–Crippen LogP) is 3.05. The van der Waals surface area contributed by atoms with E-state index in [0.29, 0.717) is 23.7 Å². The Balaban J connectivity index is 2.54. The highest BCUT2D eigenvalue weighted by Crippen LogP contribution is 2.19. The van der Waals surface area contributed by atoms with Gasteiger partial charge in [0.05, 0.1) is 11.3 Å². The van der Waals surface area contributed by atoms with Crippen LogP contribution >= 0.6 is 11.6 Å². The summed E-state index contributed by atoms with van der Waals surface area (Å²) >= 11 is 5.73. The number of nitrogens with one attached hydrogen (secondary N) is 1. The Labute approximate surface area is 94.1 Å². The van der Waals surface area contributed by atoms with Crippen LogP contribution in [0.2, 0.25) is 5.02 Å². The van der Waals surface area contributed by atoms with E-state index >= 15 is 0 Å². The first-order valence-corrected chi connectivity index (χ1v) is 5.17. The SMILES string of the molecule is CC(C)(O)CCNc1cc(Cl)ccc1F. The molecule has 0 aliphatic carbocycles. The van der Waals surface area contributed by atoms with Gasteiger partial charge in [-0.25, -0.2) is 4.39 Å². The fourth-order valence-corrected chi connectivity index (χ4v) is 1.31. The van der Waals surface area contributed by atoms with Gasteiger partial charge in [-0.15, -0.1) is 0 Å². The van der Waals surface area contributed by atoms with E-state index in [9.17, 15) is 9.50 Å². The zero-order chi connectivity index (χ0) is 11.5. The molecule has 0 saturated carbocycles. The lowest BCUT2D eigenvalue weighted by molar-refractivity contribution is 0.0748. The summed E-state index contributed by atoms with van der Waals surface area (Å²) in [5.41, 5.74) is -0.381. The summed E-state index contributed by atoms with van der Waals surface area (Å²) in [7, 11) is 0. The monoisotopic (exact) mass is 231 g/mol. The van der Waals surface area contributed by atoms with Crippen LogP contribution in [0.3, 0.4) is 0 Å². The average molecular weight is 232 g/mol. The summed E-state index contributed by atoms with van der Waals surface area (Å²) in [6, 6.07) is 4.34. The van der Waals surface area contributed by atoms with Gasteiger partial charge in [0.15, 0.2) is 0 Å². The molecule has 0 saturated heterocycles. The lowest BCUT2D eigenvalue weighted by atomic mass is 10.1. The Hall–Kier alpha value is -0.800. The molecule has 0 radical (unpaired) electrons. The van der Waals surface area contributed by atoms with Crippen molar-refractivity contribution < 1.29 is 9.50 Å². The molecule has 0 aliphatic heterocycles. The summed E-state index contributed by atoms with van der Waals surface area (Å²) in [6.07, 6.45) is 0.541. The van der Waals surface area contributed by atoms with Gasteiger partial charge in [0.2, 0.25) is 0 Å². The van der Waals surface area contributed by atoms with Gasteiger partial charge in [-0.05, 0) is 38.5 Å². The fourth-order valence-electron chi connectivity index (χ4n) is 1.14. The normalized spacial score (nSPS) is 11.5. The van der Waals surface area contributed by atoms with Crippen LogP contribution in [0.5, 0.6) is 0 Å². The first-order valence-electron chi connectivity index (χ1n) is 4.80. The second kappa shape index (κ2) is 4.81. The van der Waals surface area contributed by atoms with E-state index in [1.54, 1.807) is 13.8 Å². The molecule has 15 heavy (non-hydrogen) atoms. The third-order valence-corrected chi connectivity index (χ3v) is 2.22. The molecule has 0 aliphatic rings. The zero-order valence-electron chi connectivity index (χ0n) is 8.85. The summed E-state index contributed by atoms with van der Waals surface area (Å²) in [4.78, 5) is 0. The third kappa shape index (κ3) is 4.49. The van der Waals surface area contributed by atoms with E-state index in [1.165, 1.54) is 18.2 Å². The molecule has 4 heteroatoms.